The molecule has 83 heavy (non-hydrogen) atoms. The fraction of sp³-hybridized carbons (Fsp3) is 0.897. The summed E-state index contributed by atoms with van der Waals surface area (Å²) in [5.74, 6) is -3.00. The minimum atomic E-state index is -2.11. The molecular formula is C58H92O25. The monoisotopic (exact) mass is 1190 g/mol. The Morgan fingerprint density at radius 3 is 1.83 bits per heavy atom. The smallest absolute Gasteiger partial charge is 0.335 e. The summed E-state index contributed by atoms with van der Waals surface area (Å²) in [7, 11) is 0. The minimum absolute atomic E-state index is 0.00328. The first-order valence-corrected chi connectivity index (χ1v) is 29.4. The third-order valence-electron chi connectivity index (χ3n) is 22.4. The largest absolute Gasteiger partial charge is 0.479 e. The highest BCUT2D eigenvalue weighted by Gasteiger charge is 2.73. The summed E-state index contributed by atoms with van der Waals surface area (Å²) in [5.41, 5.74) is -3.39. The van der Waals surface area contributed by atoms with Crippen molar-refractivity contribution < 1.29 is 124 Å². The van der Waals surface area contributed by atoms with Gasteiger partial charge in [0.15, 0.2) is 37.4 Å². The quantitative estimate of drug-likeness (QED) is 0.0413. The highest BCUT2D eigenvalue weighted by molar-refractivity contribution is 5.87. The lowest BCUT2D eigenvalue weighted by Crippen LogP contribution is -2.72. The fourth-order valence-electron chi connectivity index (χ4n) is 17.2. The van der Waals surface area contributed by atoms with Crippen LogP contribution < -0.4 is 0 Å². The molecule has 4 heterocycles. The maximum atomic E-state index is 12.9. The van der Waals surface area contributed by atoms with Crippen LogP contribution in [0.25, 0.3) is 0 Å². The van der Waals surface area contributed by atoms with Crippen LogP contribution in [-0.4, -0.2) is 244 Å². The van der Waals surface area contributed by atoms with Crippen LogP contribution in [0.4, 0.5) is 0 Å². The first-order valence-electron chi connectivity index (χ1n) is 29.4. The number of ether oxygens (including phenoxy) is 9. The van der Waals surface area contributed by atoms with Gasteiger partial charge in [0.2, 0.25) is 0 Å². The van der Waals surface area contributed by atoms with Crippen molar-refractivity contribution in [2.75, 3.05) is 19.8 Å². The third kappa shape index (κ3) is 10.4. The second-order valence-electron chi connectivity index (χ2n) is 27.4. The highest BCUT2D eigenvalue weighted by Crippen LogP contribution is 2.76. The van der Waals surface area contributed by atoms with Crippen molar-refractivity contribution in [3.05, 3.63) is 23.3 Å². The first kappa shape index (κ1) is 65.0. The van der Waals surface area contributed by atoms with Gasteiger partial charge >= 0.3 is 11.9 Å². The molecule has 25 nitrogen and oxygen atoms in total. The summed E-state index contributed by atoms with van der Waals surface area (Å²) in [6, 6.07) is 0. The van der Waals surface area contributed by atoms with E-state index in [2.05, 4.69) is 26.8 Å². The summed E-state index contributed by atoms with van der Waals surface area (Å²) in [4.78, 5) is 25.7. The molecule has 3 unspecified atom stereocenters. The molecule has 14 N–H and O–H groups in total. The Balaban J connectivity index is 0.989. The number of aliphatic carboxylic acids is 1. The number of carboxylic acid groups (broad SMARTS) is 1. The van der Waals surface area contributed by atoms with Crippen molar-refractivity contribution >= 4 is 11.9 Å². The number of fused-ring (bicyclic) bond motifs is 7. The molecule has 9 rings (SSSR count). The Bertz CT molecular complexity index is 2400. The summed E-state index contributed by atoms with van der Waals surface area (Å²) in [5, 5.41) is 156. The molecule has 474 valence electrons. The third-order valence-corrected chi connectivity index (χ3v) is 22.4. The zero-order chi connectivity index (χ0) is 61.2. The number of carboxylic acids is 1. The lowest BCUT2D eigenvalue weighted by atomic mass is 9.33. The van der Waals surface area contributed by atoms with E-state index in [1.165, 1.54) is 13.0 Å². The zero-order valence-electron chi connectivity index (χ0n) is 49.0. The number of esters is 1. The average molecular weight is 1190 g/mol. The molecular weight excluding hydrogens is 1100 g/mol. The maximum absolute atomic E-state index is 12.9. The molecule has 4 saturated carbocycles. The van der Waals surface area contributed by atoms with Gasteiger partial charge in [0.1, 0.15) is 73.2 Å². The van der Waals surface area contributed by atoms with Gasteiger partial charge in [0.25, 0.3) is 0 Å². The van der Waals surface area contributed by atoms with Gasteiger partial charge in [-0.05, 0) is 111 Å². The molecule has 4 saturated heterocycles. The Kier molecular flexibility index (Phi) is 18.4. The van der Waals surface area contributed by atoms with E-state index in [-0.39, 0.29) is 23.8 Å². The predicted octanol–water partition coefficient (Wildman–Crippen LogP) is -1.37. The Hall–Kier alpha value is -2.42. The molecule has 0 aromatic heterocycles. The number of aliphatic hydroxyl groups is 13. The summed E-state index contributed by atoms with van der Waals surface area (Å²) in [6.45, 7) is 17.2. The van der Waals surface area contributed by atoms with Gasteiger partial charge in [-0.2, -0.15) is 0 Å². The topological polar surface area (TPSA) is 400 Å². The van der Waals surface area contributed by atoms with Crippen molar-refractivity contribution in [3.8, 4) is 0 Å². The van der Waals surface area contributed by atoms with Crippen LogP contribution in [-0.2, 0) is 52.2 Å². The van der Waals surface area contributed by atoms with Crippen LogP contribution >= 0.6 is 0 Å². The molecule has 0 aromatic carbocycles. The molecule has 0 aromatic rings. The van der Waals surface area contributed by atoms with Crippen LogP contribution in [0.3, 0.4) is 0 Å². The summed E-state index contributed by atoms with van der Waals surface area (Å²) < 4.78 is 54.6. The lowest BCUT2D eigenvalue weighted by Gasteiger charge is -2.72. The van der Waals surface area contributed by atoms with Crippen molar-refractivity contribution in [3.63, 3.8) is 0 Å². The molecule has 0 spiro atoms. The summed E-state index contributed by atoms with van der Waals surface area (Å²) >= 11 is 0. The van der Waals surface area contributed by atoms with Gasteiger partial charge in [0.05, 0.1) is 55.8 Å². The first-order chi connectivity index (χ1) is 38.7. The number of carbonyl (C=O) groups excluding carboxylic acids is 1. The highest BCUT2D eigenvalue weighted by atomic mass is 16.8. The van der Waals surface area contributed by atoms with E-state index in [0.29, 0.717) is 38.5 Å². The van der Waals surface area contributed by atoms with Crippen molar-refractivity contribution in [1.82, 2.24) is 0 Å². The van der Waals surface area contributed by atoms with Crippen molar-refractivity contribution in [2.45, 2.75) is 255 Å². The molecule has 5 aliphatic carbocycles. The zero-order valence-corrected chi connectivity index (χ0v) is 49.0. The number of hydrogen-bond donors (Lipinski definition) is 14. The Morgan fingerprint density at radius 2 is 1.24 bits per heavy atom. The fourth-order valence-corrected chi connectivity index (χ4v) is 17.2. The molecule has 9 aliphatic rings. The molecule has 25 heteroatoms. The van der Waals surface area contributed by atoms with E-state index in [1.54, 1.807) is 13.8 Å². The van der Waals surface area contributed by atoms with E-state index < -0.39 is 211 Å². The van der Waals surface area contributed by atoms with Gasteiger partial charge in [-0.3, -0.25) is 0 Å². The minimum Gasteiger partial charge on any atom is -0.479 e. The van der Waals surface area contributed by atoms with Gasteiger partial charge in [0, 0.05) is 5.57 Å². The standard InChI is InChI=1S/C58H92O25/c1-11-23(2)48(74)79-41-33(63)24(3)75-51(40(41)70)83-46-45(71)58(22-61)26(18-53(46,4)5)25-12-13-30-55(8)16-15-32(54(6,7)29(55)14-17-56(30,9)57(25,10)19-31(58)62)78-52-44(82-50-38(68)36(66)34(64)27(20-59)76-50)42(39(69)43(81-52)47(72)73)80-49-37(67)35(65)28(21-60)77-49/h11-12,24,26-46,49-52,59-71H,13-22H2,1-10H3,(H,72,73)/b23-11-/t24-,26?,27+,28-,29?,30?,31+,32-,33-,34-,35-,36-,37+,38+,39-,40+,41+,42-,43-,44+,45-,46-,49-,50-,51-,52+,55-,56+,57+,58-/m0/s1. The van der Waals surface area contributed by atoms with E-state index in [9.17, 15) is 81.1 Å². The van der Waals surface area contributed by atoms with E-state index in [1.807, 2.05) is 27.7 Å². The van der Waals surface area contributed by atoms with E-state index >= 15 is 0 Å². The predicted molar refractivity (Wildman–Crippen MR) is 283 cm³/mol. The normalized spacial score (nSPS) is 52.3. The molecule has 0 bridgehead atoms. The molecule has 30 atom stereocenters. The Morgan fingerprint density at radius 1 is 0.651 bits per heavy atom. The number of allylic oxidation sites excluding steroid dienone is 3. The van der Waals surface area contributed by atoms with Crippen LogP contribution in [0.1, 0.15) is 114 Å². The van der Waals surface area contributed by atoms with Crippen LogP contribution in [0.2, 0.25) is 0 Å². The maximum Gasteiger partial charge on any atom is 0.335 e. The average Bonchev–Trinajstić information content (AvgIpc) is 3.89. The Labute approximate surface area is 483 Å². The van der Waals surface area contributed by atoms with E-state index in [0.717, 1.165) is 5.57 Å². The number of hydrogen-bond acceptors (Lipinski definition) is 24. The van der Waals surface area contributed by atoms with Gasteiger partial charge in [-0.1, -0.05) is 66.2 Å². The van der Waals surface area contributed by atoms with Crippen LogP contribution in [0, 0.1) is 50.2 Å². The molecule has 8 fully saturated rings. The summed E-state index contributed by atoms with van der Waals surface area (Å²) in [6.07, 6.45) is -29.7. The van der Waals surface area contributed by atoms with Crippen molar-refractivity contribution in [2.24, 2.45) is 50.2 Å². The van der Waals surface area contributed by atoms with Crippen molar-refractivity contribution in [1.29, 1.82) is 0 Å². The molecule has 4 aliphatic heterocycles. The van der Waals surface area contributed by atoms with Gasteiger partial charge < -0.3 is 114 Å². The second kappa shape index (κ2) is 23.5. The van der Waals surface area contributed by atoms with Crippen LogP contribution in [0.5, 0.6) is 0 Å². The van der Waals surface area contributed by atoms with Gasteiger partial charge in [-0.15, -0.1) is 0 Å². The van der Waals surface area contributed by atoms with Crippen LogP contribution in [0.15, 0.2) is 23.3 Å². The number of aliphatic hydroxyl groups excluding tert-OH is 13. The number of rotatable bonds is 14. The van der Waals surface area contributed by atoms with Gasteiger partial charge in [-0.25, -0.2) is 9.59 Å². The SMILES string of the molecule is C/C=C(/C)C(=O)O[C@@H]1[C@@H](O)[C@H](C)O[C@@H](O[C@H]2[C@H](O)[C@@]3(CO)C(CC2(C)C)C2=CCC4[C@@]5(C)CC[C@H](O[C@@H]6O[C@H](C(=O)O)[C@@H](O)[C@H](O[C@@H]7O[C@@H](CO)[C@H](O)[C@H]7O)[C@H]6O[C@@H]6O[C@H](CO)[C@H](O)[C@H](O)[C@H]6O)C(C)(C)C5CC[C@@]4(C)[C@]2(C)C[C@H]3O)[C@@H]1O. The number of carbonyl (C=O) groups is 2. The molecule has 0 amide bonds. The van der Waals surface area contributed by atoms with E-state index in [4.69, 9.17) is 42.6 Å². The second-order valence-corrected chi connectivity index (χ2v) is 27.4. The lowest BCUT2D eigenvalue weighted by molar-refractivity contribution is -0.386. The molecule has 0 radical (unpaired) electrons.